The SMILES string of the molecule is COc1ccc(Br)cc1CC1(O)CCCc2ccccc21. The Kier molecular flexibility index (Phi) is 4.05. The van der Waals surface area contributed by atoms with Gasteiger partial charge in [-0.3, -0.25) is 0 Å². The van der Waals surface area contributed by atoms with Crippen molar-refractivity contribution in [1.29, 1.82) is 0 Å². The third kappa shape index (κ3) is 2.85. The third-order valence-electron chi connectivity index (χ3n) is 4.28. The van der Waals surface area contributed by atoms with E-state index < -0.39 is 5.60 Å². The summed E-state index contributed by atoms with van der Waals surface area (Å²) in [5.74, 6) is 0.828. The first-order valence-corrected chi connectivity index (χ1v) is 8.05. The van der Waals surface area contributed by atoms with Gasteiger partial charge in [-0.05, 0) is 54.2 Å². The highest BCUT2D eigenvalue weighted by atomic mass is 79.9. The summed E-state index contributed by atoms with van der Waals surface area (Å²) >= 11 is 3.50. The van der Waals surface area contributed by atoms with Crippen LogP contribution in [-0.4, -0.2) is 12.2 Å². The number of hydrogen-bond acceptors (Lipinski definition) is 2. The van der Waals surface area contributed by atoms with Gasteiger partial charge < -0.3 is 9.84 Å². The molecule has 0 spiro atoms. The van der Waals surface area contributed by atoms with E-state index in [4.69, 9.17) is 4.74 Å². The maximum absolute atomic E-state index is 11.2. The molecule has 1 unspecified atom stereocenters. The molecule has 0 radical (unpaired) electrons. The average molecular weight is 347 g/mol. The van der Waals surface area contributed by atoms with Gasteiger partial charge in [0.15, 0.2) is 0 Å². The van der Waals surface area contributed by atoms with Crippen LogP contribution in [0.2, 0.25) is 0 Å². The summed E-state index contributed by atoms with van der Waals surface area (Å²) in [6.45, 7) is 0. The molecule has 0 aromatic heterocycles. The zero-order chi connectivity index (χ0) is 14.9. The number of aliphatic hydroxyl groups is 1. The zero-order valence-electron chi connectivity index (χ0n) is 12.1. The van der Waals surface area contributed by atoms with Crippen LogP contribution in [0.1, 0.15) is 29.5 Å². The maximum Gasteiger partial charge on any atom is 0.122 e. The fraction of sp³-hybridized carbons (Fsp3) is 0.333. The molecule has 0 bridgehead atoms. The summed E-state index contributed by atoms with van der Waals surface area (Å²) in [4.78, 5) is 0. The number of aryl methyl sites for hydroxylation is 1. The minimum atomic E-state index is -0.803. The van der Waals surface area contributed by atoms with Crippen LogP contribution in [0.5, 0.6) is 5.75 Å². The lowest BCUT2D eigenvalue weighted by atomic mass is 9.76. The minimum Gasteiger partial charge on any atom is -0.496 e. The average Bonchev–Trinajstić information content (AvgIpc) is 2.48. The van der Waals surface area contributed by atoms with Gasteiger partial charge in [0, 0.05) is 10.9 Å². The number of ether oxygens (including phenoxy) is 1. The molecule has 110 valence electrons. The molecule has 0 amide bonds. The second-order valence-electron chi connectivity index (χ2n) is 5.68. The van der Waals surface area contributed by atoms with Crippen LogP contribution in [0.25, 0.3) is 0 Å². The van der Waals surface area contributed by atoms with Crippen molar-refractivity contribution in [3.63, 3.8) is 0 Å². The number of fused-ring (bicyclic) bond motifs is 1. The first-order valence-electron chi connectivity index (χ1n) is 7.25. The van der Waals surface area contributed by atoms with E-state index in [0.717, 1.165) is 40.6 Å². The second kappa shape index (κ2) is 5.82. The molecule has 1 N–H and O–H groups in total. The molecule has 1 aliphatic carbocycles. The van der Waals surface area contributed by atoms with E-state index in [-0.39, 0.29) is 0 Å². The van der Waals surface area contributed by atoms with E-state index in [9.17, 15) is 5.11 Å². The Balaban J connectivity index is 2.00. The van der Waals surface area contributed by atoms with Crippen molar-refractivity contribution in [2.24, 2.45) is 0 Å². The van der Waals surface area contributed by atoms with Crippen molar-refractivity contribution < 1.29 is 9.84 Å². The Morgan fingerprint density at radius 2 is 2.05 bits per heavy atom. The molecule has 3 heteroatoms. The fourth-order valence-corrected chi connectivity index (χ4v) is 3.69. The second-order valence-corrected chi connectivity index (χ2v) is 6.59. The van der Waals surface area contributed by atoms with Crippen LogP contribution in [-0.2, 0) is 18.4 Å². The van der Waals surface area contributed by atoms with E-state index in [2.05, 4.69) is 28.1 Å². The lowest BCUT2D eigenvalue weighted by molar-refractivity contribution is 0.0185. The molecule has 3 rings (SSSR count). The van der Waals surface area contributed by atoms with Gasteiger partial charge in [-0.2, -0.15) is 0 Å². The quantitative estimate of drug-likeness (QED) is 0.901. The van der Waals surface area contributed by atoms with Gasteiger partial charge in [0.05, 0.1) is 12.7 Å². The Hall–Kier alpha value is -1.32. The molecule has 0 fully saturated rings. The van der Waals surface area contributed by atoms with Gasteiger partial charge in [0.2, 0.25) is 0 Å². The van der Waals surface area contributed by atoms with E-state index in [1.165, 1.54) is 5.56 Å². The van der Waals surface area contributed by atoms with E-state index in [1.54, 1.807) is 7.11 Å². The Labute approximate surface area is 133 Å². The summed E-state index contributed by atoms with van der Waals surface area (Å²) < 4.78 is 6.45. The van der Waals surface area contributed by atoms with Gasteiger partial charge in [0.1, 0.15) is 5.75 Å². The van der Waals surface area contributed by atoms with Crippen LogP contribution >= 0.6 is 15.9 Å². The molecule has 2 aromatic carbocycles. The first kappa shape index (κ1) is 14.6. The monoisotopic (exact) mass is 346 g/mol. The highest BCUT2D eigenvalue weighted by molar-refractivity contribution is 9.10. The highest BCUT2D eigenvalue weighted by Gasteiger charge is 2.34. The molecule has 1 atom stereocenters. The van der Waals surface area contributed by atoms with E-state index in [1.807, 2.05) is 30.3 Å². The Morgan fingerprint density at radius 1 is 1.24 bits per heavy atom. The Bertz CT molecular complexity index is 653. The topological polar surface area (TPSA) is 29.5 Å². The fourth-order valence-electron chi connectivity index (χ4n) is 3.28. The Morgan fingerprint density at radius 3 is 2.86 bits per heavy atom. The van der Waals surface area contributed by atoms with Crippen molar-refractivity contribution in [3.8, 4) is 5.75 Å². The molecule has 0 saturated heterocycles. The minimum absolute atomic E-state index is 0.576. The molecule has 1 aliphatic rings. The van der Waals surface area contributed by atoms with Gasteiger partial charge in [0.25, 0.3) is 0 Å². The molecule has 0 heterocycles. The van der Waals surface area contributed by atoms with E-state index >= 15 is 0 Å². The van der Waals surface area contributed by atoms with Gasteiger partial charge in [-0.15, -0.1) is 0 Å². The summed E-state index contributed by atoms with van der Waals surface area (Å²) in [7, 11) is 1.67. The van der Waals surface area contributed by atoms with Crippen molar-refractivity contribution in [2.45, 2.75) is 31.3 Å². The van der Waals surface area contributed by atoms with Gasteiger partial charge in [-0.1, -0.05) is 40.2 Å². The molecule has 2 nitrogen and oxygen atoms in total. The number of rotatable bonds is 3. The van der Waals surface area contributed by atoms with Crippen molar-refractivity contribution >= 4 is 15.9 Å². The van der Waals surface area contributed by atoms with Gasteiger partial charge in [-0.25, -0.2) is 0 Å². The summed E-state index contributed by atoms with van der Waals surface area (Å²) in [5.41, 5.74) is 2.56. The number of hydrogen-bond donors (Lipinski definition) is 1. The third-order valence-corrected chi connectivity index (χ3v) is 4.77. The lowest BCUT2D eigenvalue weighted by Crippen LogP contribution is -2.33. The number of halogens is 1. The molecule has 0 saturated carbocycles. The van der Waals surface area contributed by atoms with Crippen LogP contribution in [0, 0.1) is 0 Å². The van der Waals surface area contributed by atoms with Crippen molar-refractivity contribution in [1.82, 2.24) is 0 Å². The first-order chi connectivity index (χ1) is 10.1. The molecule has 21 heavy (non-hydrogen) atoms. The normalized spacial score (nSPS) is 20.9. The standard InChI is InChI=1S/C18H19BrO2/c1-21-17-9-8-15(19)11-14(17)12-18(20)10-4-6-13-5-2-3-7-16(13)18/h2-3,5,7-9,11,20H,4,6,10,12H2,1H3. The summed E-state index contributed by atoms with van der Waals surface area (Å²) in [6, 6.07) is 14.2. The molecule has 2 aromatic rings. The van der Waals surface area contributed by atoms with Crippen LogP contribution in [0.4, 0.5) is 0 Å². The van der Waals surface area contributed by atoms with Crippen LogP contribution in [0.3, 0.4) is 0 Å². The van der Waals surface area contributed by atoms with Crippen LogP contribution in [0.15, 0.2) is 46.9 Å². The maximum atomic E-state index is 11.2. The van der Waals surface area contributed by atoms with E-state index in [0.29, 0.717) is 6.42 Å². The smallest absolute Gasteiger partial charge is 0.122 e. The molecular formula is C18H19BrO2. The predicted octanol–water partition coefficient (Wildman–Crippen LogP) is 4.22. The number of benzene rings is 2. The zero-order valence-corrected chi connectivity index (χ0v) is 13.7. The largest absolute Gasteiger partial charge is 0.496 e. The van der Waals surface area contributed by atoms with Gasteiger partial charge >= 0.3 is 0 Å². The lowest BCUT2D eigenvalue weighted by Gasteiger charge is -2.35. The number of methoxy groups -OCH3 is 1. The van der Waals surface area contributed by atoms with Crippen molar-refractivity contribution in [3.05, 3.63) is 63.6 Å². The predicted molar refractivity (Wildman–Crippen MR) is 87.7 cm³/mol. The summed E-state index contributed by atoms with van der Waals surface area (Å²) in [5, 5.41) is 11.2. The molecular weight excluding hydrogens is 328 g/mol. The summed E-state index contributed by atoms with van der Waals surface area (Å²) in [6.07, 6.45) is 3.43. The van der Waals surface area contributed by atoms with Crippen molar-refractivity contribution in [2.75, 3.05) is 7.11 Å². The van der Waals surface area contributed by atoms with Crippen LogP contribution < -0.4 is 4.74 Å². The molecule has 0 aliphatic heterocycles. The highest BCUT2D eigenvalue weighted by Crippen LogP contribution is 2.39.